The highest BCUT2D eigenvalue weighted by Crippen LogP contribution is 2.39. The van der Waals surface area contributed by atoms with Crippen molar-refractivity contribution in [1.29, 1.82) is 0 Å². The maximum absolute atomic E-state index is 13.1. The topological polar surface area (TPSA) is 97.2 Å². The van der Waals surface area contributed by atoms with Gasteiger partial charge < -0.3 is 19.9 Å². The van der Waals surface area contributed by atoms with E-state index in [2.05, 4.69) is 26.2 Å². The minimum atomic E-state index is -0.991. The summed E-state index contributed by atoms with van der Waals surface area (Å²) in [6, 6.07) is 15.6. The number of amidine groups is 1. The highest BCUT2D eigenvalue weighted by atomic mass is 79.9. The number of ether oxygens (including phenoxy) is 2. The predicted molar refractivity (Wildman–Crippen MR) is 136 cm³/mol. The second kappa shape index (κ2) is 10.7. The molecule has 0 atom stereocenters. The van der Waals surface area contributed by atoms with Crippen LogP contribution in [0.3, 0.4) is 0 Å². The van der Waals surface area contributed by atoms with Crippen LogP contribution >= 0.6 is 27.7 Å². The summed E-state index contributed by atoms with van der Waals surface area (Å²) in [5.74, 6) is -0.720. The van der Waals surface area contributed by atoms with Crippen LogP contribution in [-0.4, -0.2) is 29.3 Å². The molecule has 0 unspecified atom stereocenters. The molecule has 4 rings (SSSR count). The Kier molecular flexibility index (Phi) is 7.52. The fourth-order valence-electron chi connectivity index (χ4n) is 3.13. The zero-order chi connectivity index (χ0) is 24.9. The third kappa shape index (κ3) is 6.09. The molecule has 10 heteroatoms. The lowest BCUT2D eigenvalue weighted by Crippen LogP contribution is -2.19. The molecule has 35 heavy (non-hydrogen) atoms. The number of hydrogen-bond donors (Lipinski definition) is 2. The summed E-state index contributed by atoms with van der Waals surface area (Å²) in [4.78, 5) is 28.2. The van der Waals surface area contributed by atoms with E-state index in [1.807, 2.05) is 0 Å². The Balaban J connectivity index is 1.50. The number of nitrogens with zero attached hydrogens (tertiary/aromatic N) is 1. The van der Waals surface area contributed by atoms with Crippen molar-refractivity contribution >= 4 is 56.5 Å². The van der Waals surface area contributed by atoms with Gasteiger partial charge in [-0.2, -0.15) is 0 Å². The van der Waals surface area contributed by atoms with E-state index in [0.29, 0.717) is 37.3 Å². The van der Waals surface area contributed by atoms with Gasteiger partial charge in [0.05, 0.1) is 27.7 Å². The highest BCUT2D eigenvalue weighted by Gasteiger charge is 2.24. The van der Waals surface area contributed by atoms with E-state index in [-0.39, 0.29) is 23.9 Å². The van der Waals surface area contributed by atoms with Gasteiger partial charge in [-0.3, -0.25) is 4.79 Å². The first-order chi connectivity index (χ1) is 16.8. The van der Waals surface area contributed by atoms with Gasteiger partial charge in [-0.25, -0.2) is 14.2 Å². The number of thioether (sulfide) groups is 1. The number of hydrogen-bond acceptors (Lipinski definition) is 6. The number of nitrogens with one attached hydrogen (secondary N) is 1. The summed E-state index contributed by atoms with van der Waals surface area (Å²) in [5, 5.41) is 12.1. The molecule has 1 aliphatic heterocycles. The number of carboxylic acid groups (broad SMARTS) is 1. The van der Waals surface area contributed by atoms with E-state index in [0.717, 1.165) is 5.56 Å². The fraction of sp³-hybridized carbons (Fsp3) is 0.0800. The number of methoxy groups -OCH3 is 1. The van der Waals surface area contributed by atoms with Gasteiger partial charge in [-0.15, -0.1) is 0 Å². The van der Waals surface area contributed by atoms with Crippen LogP contribution in [0.15, 0.2) is 75.0 Å². The molecule has 0 saturated carbocycles. The lowest BCUT2D eigenvalue weighted by molar-refractivity contribution is -0.115. The molecule has 7 nitrogen and oxygen atoms in total. The Morgan fingerprint density at radius 1 is 1.17 bits per heavy atom. The number of aromatic carboxylic acids is 1. The van der Waals surface area contributed by atoms with Crippen LogP contribution in [0.1, 0.15) is 21.5 Å². The lowest BCUT2D eigenvalue weighted by atomic mass is 10.1. The minimum Gasteiger partial charge on any atom is -0.493 e. The van der Waals surface area contributed by atoms with E-state index < -0.39 is 5.97 Å². The molecule has 178 valence electrons. The second-order valence-corrected chi connectivity index (χ2v) is 9.17. The fourth-order valence-corrected chi connectivity index (χ4v) is 4.54. The summed E-state index contributed by atoms with van der Waals surface area (Å²) in [6.45, 7) is 0.205. The van der Waals surface area contributed by atoms with Crippen molar-refractivity contribution in [1.82, 2.24) is 5.32 Å². The number of benzene rings is 3. The van der Waals surface area contributed by atoms with Crippen molar-refractivity contribution in [2.24, 2.45) is 4.99 Å². The molecular formula is C25H18BrFN2O5S. The molecule has 1 fully saturated rings. The van der Waals surface area contributed by atoms with Gasteiger partial charge in [-0.05, 0) is 93.4 Å². The standard InChI is InChI=1S/C25H18BrFN2O5S/c1-33-20-11-15(10-19(26)22(20)34-13-14-2-4-16(5-3-14)24(31)32)12-21-23(30)29-25(35-21)28-18-8-6-17(27)7-9-18/h2-12H,13H2,1H3,(H,31,32)(H,28,29,30)/b21-12+. The van der Waals surface area contributed by atoms with E-state index in [1.165, 1.54) is 55.3 Å². The summed E-state index contributed by atoms with van der Waals surface area (Å²) >= 11 is 4.67. The van der Waals surface area contributed by atoms with Crippen LogP contribution in [0, 0.1) is 5.82 Å². The Morgan fingerprint density at radius 2 is 1.89 bits per heavy atom. The number of amides is 1. The van der Waals surface area contributed by atoms with Crippen LogP contribution in [0.2, 0.25) is 0 Å². The number of carboxylic acids is 1. The number of halogens is 2. The summed E-state index contributed by atoms with van der Waals surface area (Å²) < 4.78 is 25.1. The van der Waals surface area contributed by atoms with Gasteiger partial charge in [-0.1, -0.05) is 12.1 Å². The SMILES string of the molecule is COc1cc(/C=C2/SC(=Nc3ccc(F)cc3)NC2=O)cc(Br)c1OCc1ccc(C(=O)O)cc1. The Morgan fingerprint density at radius 3 is 2.54 bits per heavy atom. The summed E-state index contributed by atoms with van der Waals surface area (Å²) in [7, 11) is 1.51. The Hall–Kier alpha value is -3.63. The highest BCUT2D eigenvalue weighted by molar-refractivity contribution is 9.10. The number of carbonyl (C=O) groups is 2. The molecule has 0 radical (unpaired) electrons. The van der Waals surface area contributed by atoms with Crippen molar-refractivity contribution in [3.05, 3.63) is 92.5 Å². The third-order valence-corrected chi connectivity index (χ3v) is 6.34. The number of carbonyl (C=O) groups excluding carboxylic acids is 1. The Labute approximate surface area is 212 Å². The van der Waals surface area contributed by atoms with Gasteiger partial charge in [0.1, 0.15) is 12.4 Å². The summed E-state index contributed by atoms with van der Waals surface area (Å²) in [6.07, 6.45) is 1.70. The molecule has 3 aromatic rings. The van der Waals surface area contributed by atoms with Gasteiger partial charge in [0.2, 0.25) is 0 Å². The third-order valence-electron chi connectivity index (χ3n) is 4.84. The molecule has 1 saturated heterocycles. The van der Waals surface area contributed by atoms with Gasteiger partial charge >= 0.3 is 5.97 Å². The van der Waals surface area contributed by atoms with Gasteiger partial charge in [0.15, 0.2) is 16.7 Å². The zero-order valence-corrected chi connectivity index (χ0v) is 20.7. The Bertz CT molecular complexity index is 1340. The average Bonchev–Trinajstić information content (AvgIpc) is 3.18. The first-order valence-corrected chi connectivity index (χ1v) is 11.8. The van der Waals surface area contributed by atoms with Crippen LogP contribution in [0.4, 0.5) is 10.1 Å². The number of aliphatic imine (C=N–C) groups is 1. The van der Waals surface area contributed by atoms with E-state index in [1.54, 1.807) is 30.3 Å². The number of rotatable bonds is 7. The smallest absolute Gasteiger partial charge is 0.335 e. The van der Waals surface area contributed by atoms with Crippen molar-refractivity contribution in [2.45, 2.75) is 6.61 Å². The first kappa shape index (κ1) is 24.5. The lowest BCUT2D eigenvalue weighted by Gasteiger charge is -2.14. The normalized spacial score (nSPS) is 15.3. The van der Waals surface area contributed by atoms with E-state index in [4.69, 9.17) is 14.6 Å². The minimum absolute atomic E-state index is 0.199. The molecular weight excluding hydrogens is 539 g/mol. The molecule has 1 aliphatic rings. The van der Waals surface area contributed by atoms with Crippen LogP contribution in [-0.2, 0) is 11.4 Å². The second-order valence-electron chi connectivity index (χ2n) is 7.28. The zero-order valence-electron chi connectivity index (χ0n) is 18.2. The quantitative estimate of drug-likeness (QED) is 0.359. The molecule has 0 bridgehead atoms. The molecule has 1 amide bonds. The largest absolute Gasteiger partial charge is 0.493 e. The van der Waals surface area contributed by atoms with Crippen molar-refractivity contribution < 1.29 is 28.6 Å². The molecule has 3 aromatic carbocycles. The molecule has 0 spiro atoms. The van der Waals surface area contributed by atoms with Crippen LogP contribution in [0.25, 0.3) is 6.08 Å². The van der Waals surface area contributed by atoms with E-state index in [9.17, 15) is 14.0 Å². The monoisotopic (exact) mass is 556 g/mol. The molecule has 2 N–H and O–H groups in total. The van der Waals surface area contributed by atoms with Crippen LogP contribution < -0.4 is 14.8 Å². The first-order valence-electron chi connectivity index (χ1n) is 10.2. The van der Waals surface area contributed by atoms with Gasteiger partial charge in [0, 0.05) is 0 Å². The van der Waals surface area contributed by atoms with E-state index >= 15 is 0 Å². The van der Waals surface area contributed by atoms with Crippen molar-refractivity contribution in [2.75, 3.05) is 7.11 Å². The average molecular weight is 557 g/mol. The summed E-state index contributed by atoms with van der Waals surface area (Å²) in [5.41, 5.74) is 2.22. The predicted octanol–water partition coefficient (Wildman–Crippen LogP) is 5.77. The molecule has 0 aromatic heterocycles. The van der Waals surface area contributed by atoms with Crippen molar-refractivity contribution in [3.63, 3.8) is 0 Å². The molecule has 0 aliphatic carbocycles. The molecule has 1 heterocycles. The maximum atomic E-state index is 13.1. The maximum Gasteiger partial charge on any atom is 0.335 e. The van der Waals surface area contributed by atoms with Crippen LogP contribution in [0.5, 0.6) is 11.5 Å². The van der Waals surface area contributed by atoms with Crippen molar-refractivity contribution in [3.8, 4) is 11.5 Å². The van der Waals surface area contributed by atoms with Gasteiger partial charge in [0.25, 0.3) is 5.91 Å².